The second-order valence-corrected chi connectivity index (χ2v) is 8.24. The lowest BCUT2D eigenvalue weighted by atomic mass is 10.0. The summed E-state index contributed by atoms with van der Waals surface area (Å²) in [5.74, 6) is -0.487. The first-order valence-corrected chi connectivity index (χ1v) is 10.2. The molecule has 8 heteroatoms. The molecule has 2 aliphatic heterocycles. The van der Waals surface area contributed by atoms with Crippen LogP contribution in [0.25, 0.3) is 0 Å². The summed E-state index contributed by atoms with van der Waals surface area (Å²) in [6, 6.07) is 0. The third-order valence-corrected chi connectivity index (χ3v) is 5.80. The standard InChI is InChI=1S/C15H28N2O5S/c1-3-4-8-17(23(2,19)20)9-5-14(18)16-10-6-15(7-11-16)21-12-13-22-15/h3-13H2,1-2H3. The van der Waals surface area contributed by atoms with Gasteiger partial charge in [-0.3, -0.25) is 4.79 Å². The number of amides is 1. The quantitative estimate of drug-likeness (QED) is 0.680. The number of piperidine rings is 1. The van der Waals surface area contributed by atoms with Crippen molar-refractivity contribution in [1.82, 2.24) is 9.21 Å². The van der Waals surface area contributed by atoms with Gasteiger partial charge >= 0.3 is 0 Å². The van der Waals surface area contributed by atoms with Gasteiger partial charge in [-0.15, -0.1) is 0 Å². The molecule has 23 heavy (non-hydrogen) atoms. The van der Waals surface area contributed by atoms with Crippen LogP contribution >= 0.6 is 0 Å². The van der Waals surface area contributed by atoms with Gasteiger partial charge in [0.05, 0.1) is 19.5 Å². The molecule has 0 aromatic rings. The Balaban J connectivity index is 1.79. The molecule has 0 N–H and O–H groups in total. The molecule has 1 spiro atoms. The van der Waals surface area contributed by atoms with E-state index in [2.05, 4.69) is 0 Å². The highest BCUT2D eigenvalue weighted by Crippen LogP contribution is 2.31. The Kier molecular flexibility index (Phi) is 6.41. The summed E-state index contributed by atoms with van der Waals surface area (Å²) in [5.41, 5.74) is 0. The van der Waals surface area contributed by atoms with Gasteiger partial charge in [-0.2, -0.15) is 0 Å². The van der Waals surface area contributed by atoms with Crippen LogP contribution in [0.4, 0.5) is 0 Å². The molecule has 2 heterocycles. The molecule has 2 rings (SSSR count). The van der Waals surface area contributed by atoms with Crippen LogP contribution in [0.2, 0.25) is 0 Å². The van der Waals surface area contributed by atoms with Crippen molar-refractivity contribution in [3.05, 3.63) is 0 Å². The molecular formula is C15H28N2O5S. The van der Waals surface area contributed by atoms with E-state index in [1.807, 2.05) is 6.92 Å². The zero-order chi connectivity index (χ0) is 16.9. The van der Waals surface area contributed by atoms with E-state index in [1.165, 1.54) is 10.6 Å². The lowest BCUT2D eigenvalue weighted by Gasteiger charge is -2.37. The van der Waals surface area contributed by atoms with Crippen LogP contribution in [0.15, 0.2) is 0 Å². The lowest BCUT2D eigenvalue weighted by molar-refractivity contribution is -0.187. The molecule has 0 bridgehead atoms. The second kappa shape index (κ2) is 7.92. The predicted octanol–water partition coefficient (Wildman–Crippen LogP) is 0.804. The van der Waals surface area contributed by atoms with E-state index < -0.39 is 15.8 Å². The smallest absolute Gasteiger partial charge is 0.223 e. The lowest BCUT2D eigenvalue weighted by Crippen LogP contribution is -2.48. The van der Waals surface area contributed by atoms with Gasteiger partial charge in [-0.25, -0.2) is 12.7 Å². The second-order valence-electron chi connectivity index (χ2n) is 6.25. The summed E-state index contributed by atoms with van der Waals surface area (Å²) >= 11 is 0. The van der Waals surface area contributed by atoms with Crippen LogP contribution in [-0.4, -0.2) is 75.0 Å². The van der Waals surface area contributed by atoms with E-state index in [1.54, 1.807) is 4.90 Å². The van der Waals surface area contributed by atoms with E-state index >= 15 is 0 Å². The first-order chi connectivity index (χ1) is 10.9. The fourth-order valence-corrected chi connectivity index (χ4v) is 3.92. The van der Waals surface area contributed by atoms with Crippen LogP contribution in [-0.2, 0) is 24.3 Å². The summed E-state index contributed by atoms with van der Waals surface area (Å²) in [4.78, 5) is 14.1. The highest BCUT2D eigenvalue weighted by atomic mass is 32.2. The molecule has 0 atom stereocenters. The van der Waals surface area contributed by atoms with Gasteiger partial charge in [0.1, 0.15) is 0 Å². The summed E-state index contributed by atoms with van der Waals surface area (Å²) in [5, 5.41) is 0. The Bertz CT molecular complexity index is 492. The van der Waals surface area contributed by atoms with Gasteiger partial charge < -0.3 is 14.4 Å². The highest BCUT2D eigenvalue weighted by Gasteiger charge is 2.40. The SMILES string of the molecule is CCCCN(CCC(=O)N1CCC2(CC1)OCCO2)S(C)(=O)=O. The summed E-state index contributed by atoms with van der Waals surface area (Å²) < 4.78 is 36.2. The molecule has 7 nitrogen and oxygen atoms in total. The molecular weight excluding hydrogens is 320 g/mol. The van der Waals surface area contributed by atoms with Crippen molar-refractivity contribution >= 4 is 15.9 Å². The number of unbranched alkanes of at least 4 members (excludes halogenated alkanes) is 1. The zero-order valence-corrected chi connectivity index (χ0v) is 14.9. The Labute approximate surface area is 139 Å². The van der Waals surface area contributed by atoms with Crippen molar-refractivity contribution in [2.75, 3.05) is 45.6 Å². The minimum absolute atomic E-state index is 0.00277. The predicted molar refractivity (Wildman–Crippen MR) is 86.4 cm³/mol. The Morgan fingerprint density at radius 2 is 1.78 bits per heavy atom. The monoisotopic (exact) mass is 348 g/mol. The van der Waals surface area contributed by atoms with Crippen molar-refractivity contribution in [2.24, 2.45) is 0 Å². The van der Waals surface area contributed by atoms with Gasteiger partial charge in [0.2, 0.25) is 15.9 Å². The molecule has 134 valence electrons. The number of hydrogen-bond acceptors (Lipinski definition) is 5. The number of sulfonamides is 1. The van der Waals surface area contributed by atoms with Crippen LogP contribution in [0, 0.1) is 0 Å². The van der Waals surface area contributed by atoms with E-state index in [0.29, 0.717) is 45.7 Å². The van der Waals surface area contributed by atoms with Gasteiger partial charge in [0, 0.05) is 45.4 Å². The Hall–Kier alpha value is -0.700. The molecule has 0 radical (unpaired) electrons. The maximum absolute atomic E-state index is 12.3. The number of rotatable bonds is 7. The van der Waals surface area contributed by atoms with Crippen molar-refractivity contribution in [3.63, 3.8) is 0 Å². The molecule has 0 aliphatic carbocycles. The fraction of sp³-hybridized carbons (Fsp3) is 0.933. The van der Waals surface area contributed by atoms with E-state index in [0.717, 1.165) is 12.8 Å². The Morgan fingerprint density at radius 1 is 1.17 bits per heavy atom. The van der Waals surface area contributed by atoms with Crippen LogP contribution in [0.3, 0.4) is 0 Å². The third-order valence-electron chi connectivity index (χ3n) is 4.50. The number of ether oxygens (including phenoxy) is 2. The number of likely N-dealkylation sites (tertiary alicyclic amines) is 1. The van der Waals surface area contributed by atoms with Crippen molar-refractivity contribution in [1.29, 1.82) is 0 Å². The number of nitrogens with zero attached hydrogens (tertiary/aromatic N) is 2. The average Bonchev–Trinajstić information content (AvgIpc) is 2.94. The molecule has 1 amide bonds. The van der Waals surface area contributed by atoms with Gasteiger partial charge in [-0.1, -0.05) is 13.3 Å². The topological polar surface area (TPSA) is 76.2 Å². The van der Waals surface area contributed by atoms with Crippen molar-refractivity contribution in [3.8, 4) is 0 Å². The highest BCUT2D eigenvalue weighted by molar-refractivity contribution is 7.88. The number of carbonyl (C=O) groups is 1. The largest absolute Gasteiger partial charge is 0.347 e. The van der Waals surface area contributed by atoms with E-state index in [-0.39, 0.29) is 18.9 Å². The van der Waals surface area contributed by atoms with Gasteiger partial charge in [-0.05, 0) is 6.42 Å². The molecule has 2 aliphatic rings. The van der Waals surface area contributed by atoms with Crippen LogP contribution < -0.4 is 0 Å². The average molecular weight is 348 g/mol. The summed E-state index contributed by atoms with van der Waals surface area (Å²) in [6.45, 7) is 5.20. The van der Waals surface area contributed by atoms with Gasteiger partial charge in [0.15, 0.2) is 5.79 Å². The third kappa shape index (κ3) is 5.14. The normalized spacial score (nSPS) is 21.3. The summed E-state index contributed by atoms with van der Waals surface area (Å²) in [6.07, 6.45) is 4.53. The minimum Gasteiger partial charge on any atom is -0.347 e. The maximum atomic E-state index is 12.3. The van der Waals surface area contributed by atoms with Crippen molar-refractivity contribution < 1.29 is 22.7 Å². The molecule has 0 saturated carbocycles. The van der Waals surface area contributed by atoms with E-state index in [4.69, 9.17) is 9.47 Å². The minimum atomic E-state index is -3.26. The van der Waals surface area contributed by atoms with E-state index in [9.17, 15) is 13.2 Å². The van der Waals surface area contributed by atoms with Crippen molar-refractivity contribution in [2.45, 2.75) is 44.8 Å². The molecule has 0 aromatic carbocycles. The van der Waals surface area contributed by atoms with Crippen LogP contribution in [0.1, 0.15) is 39.0 Å². The first-order valence-electron chi connectivity index (χ1n) is 8.37. The first kappa shape index (κ1) is 18.6. The molecule has 0 aromatic heterocycles. The van der Waals surface area contributed by atoms with Crippen LogP contribution in [0.5, 0.6) is 0 Å². The maximum Gasteiger partial charge on any atom is 0.223 e. The number of carbonyl (C=O) groups excluding carboxylic acids is 1. The zero-order valence-electron chi connectivity index (χ0n) is 14.1. The fourth-order valence-electron chi connectivity index (χ4n) is 3.04. The molecule has 2 fully saturated rings. The van der Waals surface area contributed by atoms with Gasteiger partial charge in [0.25, 0.3) is 0 Å². The Morgan fingerprint density at radius 3 is 2.30 bits per heavy atom. The number of hydrogen-bond donors (Lipinski definition) is 0. The molecule has 0 unspecified atom stereocenters. The molecule has 2 saturated heterocycles. The summed E-state index contributed by atoms with van der Waals surface area (Å²) in [7, 11) is -3.26.